The van der Waals surface area contributed by atoms with E-state index in [0.717, 1.165) is 51.4 Å². The summed E-state index contributed by atoms with van der Waals surface area (Å²) >= 11 is 0. The molecule has 0 saturated carbocycles. The number of rotatable bonds is 8. The van der Waals surface area contributed by atoms with Gasteiger partial charge in [-0.1, -0.05) is 30.3 Å². The molecule has 3 N–H and O–H groups in total. The molecule has 1 aliphatic rings. The van der Waals surface area contributed by atoms with Crippen molar-refractivity contribution in [3.05, 3.63) is 54.1 Å². The molecule has 5 nitrogen and oxygen atoms in total. The van der Waals surface area contributed by atoms with Gasteiger partial charge in [0.15, 0.2) is 0 Å². The smallest absolute Gasteiger partial charge is 0.0694 e. The monoisotopic (exact) mass is 379 g/mol. The van der Waals surface area contributed by atoms with Gasteiger partial charge in [-0.3, -0.25) is 0 Å². The largest absolute Gasteiger partial charge is 0.383 e. The van der Waals surface area contributed by atoms with E-state index in [0.29, 0.717) is 6.04 Å². The molecule has 0 radical (unpaired) electrons. The second-order valence-electron chi connectivity index (χ2n) is 7.36. The topological polar surface area (TPSA) is 58.3 Å². The lowest BCUT2D eigenvalue weighted by Gasteiger charge is -2.24. The molecule has 0 bridgehead atoms. The summed E-state index contributed by atoms with van der Waals surface area (Å²) in [6, 6.07) is 17.7. The number of aromatic nitrogens is 1. The quantitative estimate of drug-likeness (QED) is 0.514. The molecule has 3 aromatic rings. The molecule has 2 aromatic carbocycles. The number of H-pyrrole nitrogens is 1. The number of fused-ring (bicyclic) bond motifs is 1. The number of hydrogen-bond donors (Lipinski definition) is 3. The van der Waals surface area contributed by atoms with Crippen LogP contribution in [-0.2, 0) is 16.0 Å². The number of anilines is 1. The number of hydrogen-bond acceptors (Lipinski definition) is 4. The van der Waals surface area contributed by atoms with E-state index in [1.54, 1.807) is 7.11 Å². The van der Waals surface area contributed by atoms with Crippen LogP contribution in [0.3, 0.4) is 0 Å². The first-order valence-electron chi connectivity index (χ1n) is 10.1. The first-order chi connectivity index (χ1) is 13.8. The molecule has 0 aliphatic carbocycles. The van der Waals surface area contributed by atoms with Gasteiger partial charge in [-0.2, -0.15) is 0 Å². The maximum Gasteiger partial charge on any atom is 0.0694 e. The molecule has 2 heterocycles. The molecule has 4 rings (SSSR count). The van der Waals surface area contributed by atoms with E-state index in [1.807, 2.05) is 6.07 Å². The Morgan fingerprint density at radius 2 is 1.93 bits per heavy atom. The highest BCUT2D eigenvalue weighted by molar-refractivity contribution is 5.95. The van der Waals surface area contributed by atoms with Crippen molar-refractivity contribution in [2.24, 2.45) is 0 Å². The van der Waals surface area contributed by atoms with E-state index in [1.165, 1.54) is 27.7 Å². The summed E-state index contributed by atoms with van der Waals surface area (Å²) in [5.74, 6) is 0. The molecular weight excluding hydrogens is 350 g/mol. The van der Waals surface area contributed by atoms with Gasteiger partial charge in [0, 0.05) is 50.5 Å². The minimum atomic E-state index is 0.456. The fourth-order valence-electron chi connectivity index (χ4n) is 3.76. The third-order valence-corrected chi connectivity index (χ3v) is 5.27. The minimum Gasteiger partial charge on any atom is -0.383 e. The second-order valence-corrected chi connectivity index (χ2v) is 7.36. The Bertz CT molecular complexity index is 886. The van der Waals surface area contributed by atoms with Crippen LogP contribution in [0.25, 0.3) is 22.2 Å². The van der Waals surface area contributed by atoms with Gasteiger partial charge in [0.25, 0.3) is 0 Å². The van der Waals surface area contributed by atoms with Gasteiger partial charge in [0.1, 0.15) is 0 Å². The van der Waals surface area contributed by atoms with Crippen LogP contribution in [0, 0.1) is 0 Å². The van der Waals surface area contributed by atoms with Crippen molar-refractivity contribution in [1.82, 2.24) is 10.3 Å². The zero-order chi connectivity index (χ0) is 19.2. The van der Waals surface area contributed by atoms with E-state index < -0.39 is 0 Å². The lowest BCUT2D eigenvalue weighted by Crippen LogP contribution is -2.28. The van der Waals surface area contributed by atoms with Crippen LogP contribution in [0.15, 0.2) is 48.5 Å². The van der Waals surface area contributed by atoms with E-state index in [4.69, 9.17) is 9.47 Å². The highest BCUT2D eigenvalue weighted by Gasteiger charge is 2.16. The van der Waals surface area contributed by atoms with Crippen molar-refractivity contribution in [1.29, 1.82) is 0 Å². The van der Waals surface area contributed by atoms with Gasteiger partial charge in [-0.15, -0.1) is 0 Å². The number of methoxy groups -OCH3 is 1. The molecule has 0 unspecified atom stereocenters. The van der Waals surface area contributed by atoms with E-state index >= 15 is 0 Å². The first-order valence-corrected chi connectivity index (χ1v) is 10.1. The second kappa shape index (κ2) is 9.24. The molecule has 5 heteroatoms. The number of nitrogens with one attached hydrogen (secondary N) is 3. The molecule has 1 fully saturated rings. The van der Waals surface area contributed by atoms with Crippen molar-refractivity contribution in [2.45, 2.75) is 25.4 Å². The van der Waals surface area contributed by atoms with Crippen molar-refractivity contribution in [3.8, 4) is 11.3 Å². The van der Waals surface area contributed by atoms with Crippen LogP contribution in [-0.4, -0.2) is 44.5 Å². The molecule has 1 aromatic heterocycles. The van der Waals surface area contributed by atoms with Crippen LogP contribution < -0.4 is 10.6 Å². The standard InChI is InChI=1S/C23H29N3O2/c1-27-12-9-24-16-17-13-19-15-21(18-5-3-2-4-6-18)26-23(19)22(14-17)25-20-7-10-28-11-8-20/h2-6,13-15,20,24-26H,7-12,16H2,1H3. The first kappa shape index (κ1) is 19.0. The Kier molecular flexibility index (Phi) is 6.27. The molecule has 148 valence electrons. The van der Waals surface area contributed by atoms with Crippen LogP contribution in [0.2, 0.25) is 0 Å². The molecule has 0 amide bonds. The van der Waals surface area contributed by atoms with Crippen molar-refractivity contribution < 1.29 is 9.47 Å². The fraction of sp³-hybridized carbons (Fsp3) is 0.391. The van der Waals surface area contributed by atoms with Crippen LogP contribution >= 0.6 is 0 Å². The molecular formula is C23H29N3O2. The fourth-order valence-corrected chi connectivity index (χ4v) is 3.76. The average molecular weight is 380 g/mol. The zero-order valence-electron chi connectivity index (χ0n) is 16.5. The maximum atomic E-state index is 5.52. The lowest BCUT2D eigenvalue weighted by atomic mass is 10.1. The maximum absolute atomic E-state index is 5.52. The predicted octanol–water partition coefficient (Wildman–Crippen LogP) is 4.16. The summed E-state index contributed by atoms with van der Waals surface area (Å²) in [7, 11) is 1.73. The molecule has 0 atom stereocenters. The van der Waals surface area contributed by atoms with Crippen molar-refractivity contribution in [2.75, 3.05) is 38.8 Å². The van der Waals surface area contributed by atoms with E-state index in [2.05, 4.69) is 58.1 Å². The molecule has 0 spiro atoms. The van der Waals surface area contributed by atoms with Crippen LogP contribution in [0.4, 0.5) is 5.69 Å². The number of benzene rings is 2. The van der Waals surface area contributed by atoms with Gasteiger partial charge in [0.05, 0.1) is 17.8 Å². The summed E-state index contributed by atoms with van der Waals surface area (Å²) < 4.78 is 10.7. The summed E-state index contributed by atoms with van der Waals surface area (Å²) in [5.41, 5.74) is 5.98. The molecule has 28 heavy (non-hydrogen) atoms. The molecule has 1 saturated heterocycles. The number of aromatic amines is 1. The van der Waals surface area contributed by atoms with Crippen molar-refractivity contribution in [3.63, 3.8) is 0 Å². The highest BCUT2D eigenvalue weighted by atomic mass is 16.5. The average Bonchev–Trinajstić information content (AvgIpc) is 3.17. The third kappa shape index (κ3) is 4.55. The van der Waals surface area contributed by atoms with Gasteiger partial charge in [-0.05, 0) is 42.2 Å². The van der Waals surface area contributed by atoms with Gasteiger partial charge in [-0.25, -0.2) is 0 Å². The predicted molar refractivity (Wildman–Crippen MR) is 115 cm³/mol. The summed E-state index contributed by atoms with van der Waals surface area (Å²) in [5, 5.41) is 8.46. The Morgan fingerprint density at radius 3 is 2.71 bits per heavy atom. The Hall–Kier alpha value is -2.34. The highest BCUT2D eigenvalue weighted by Crippen LogP contribution is 2.31. The minimum absolute atomic E-state index is 0.456. The summed E-state index contributed by atoms with van der Waals surface area (Å²) in [6.45, 7) is 4.06. The summed E-state index contributed by atoms with van der Waals surface area (Å²) in [6.07, 6.45) is 2.09. The van der Waals surface area contributed by atoms with Crippen LogP contribution in [0.1, 0.15) is 18.4 Å². The van der Waals surface area contributed by atoms with Crippen LogP contribution in [0.5, 0.6) is 0 Å². The summed E-state index contributed by atoms with van der Waals surface area (Å²) in [4.78, 5) is 3.64. The Balaban J connectivity index is 1.64. The normalized spacial score (nSPS) is 15.2. The molecule has 1 aliphatic heterocycles. The van der Waals surface area contributed by atoms with Gasteiger partial charge < -0.3 is 25.1 Å². The van der Waals surface area contributed by atoms with Gasteiger partial charge in [0.2, 0.25) is 0 Å². The SMILES string of the molecule is COCCNCc1cc(NC2CCOCC2)c2[nH]c(-c3ccccc3)cc2c1. The zero-order valence-corrected chi connectivity index (χ0v) is 16.5. The van der Waals surface area contributed by atoms with Gasteiger partial charge >= 0.3 is 0 Å². The Labute approximate surface area is 166 Å². The van der Waals surface area contributed by atoms with Crippen molar-refractivity contribution >= 4 is 16.6 Å². The van der Waals surface area contributed by atoms with E-state index in [9.17, 15) is 0 Å². The Morgan fingerprint density at radius 1 is 1.11 bits per heavy atom. The third-order valence-electron chi connectivity index (χ3n) is 5.27. The lowest BCUT2D eigenvalue weighted by molar-refractivity contribution is 0.0905. The van der Waals surface area contributed by atoms with E-state index in [-0.39, 0.29) is 0 Å². The number of ether oxygens (including phenoxy) is 2.